The van der Waals surface area contributed by atoms with E-state index < -0.39 is 9.84 Å². The summed E-state index contributed by atoms with van der Waals surface area (Å²) in [5.41, 5.74) is 2.26. The van der Waals surface area contributed by atoms with E-state index in [2.05, 4.69) is 16.3 Å². The van der Waals surface area contributed by atoms with Gasteiger partial charge in [0.25, 0.3) is 5.22 Å². The van der Waals surface area contributed by atoms with Crippen molar-refractivity contribution in [2.45, 2.75) is 36.7 Å². The molecule has 0 unspecified atom stereocenters. The molecular weight excluding hydrogens is 358 g/mol. The van der Waals surface area contributed by atoms with Crippen LogP contribution in [-0.4, -0.2) is 35.4 Å². The third-order valence-corrected chi connectivity index (χ3v) is 6.93. The van der Waals surface area contributed by atoms with Crippen LogP contribution in [0.15, 0.2) is 33.9 Å². The standard InChI is InChI=1S/C17H19N3O3S2/c1-12-2-4-13(5-3-12)8-15(10-18)24-17-20-19-16(23-17)9-14-6-7-25(21,22)11-14/h2-5,14-15H,6-9,11H2,1H3/t14-,15+/m1/s1. The zero-order chi connectivity index (χ0) is 17.9. The molecule has 1 aromatic heterocycles. The number of hydrogen-bond donors (Lipinski definition) is 0. The van der Waals surface area contributed by atoms with Gasteiger partial charge in [-0.25, -0.2) is 8.42 Å². The third-order valence-electron chi connectivity index (χ3n) is 4.17. The summed E-state index contributed by atoms with van der Waals surface area (Å²) in [5, 5.41) is 17.4. The van der Waals surface area contributed by atoms with Crippen molar-refractivity contribution < 1.29 is 12.8 Å². The second-order valence-corrected chi connectivity index (χ2v) is 9.74. The summed E-state index contributed by atoms with van der Waals surface area (Å²) in [6.07, 6.45) is 1.71. The Morgan fingerprint density at radius 2 is 2.12 bits per heavy atom. The van der Waals surface area contributed by atoms with E-state index in [0.29, 0.717) is 30.4 Å². The molecule has 2 atom stereocenters. The largest absolute Gasteiger partial charge is 0.416 e. The van der Waals surface area contributed by atoms with Gasteiger partial charge in [0.1, 0.15) is 5.25 Å². The summed E-state index contributed by atoms with van der Waals surface area (Å²) < 4.78 is 28.6. The summed E-state index contributed by atoms with van der Waals surface area (Å²) in [5.74, 6) is 0.909. The zero-order valence-corrected chi connectivity index (χ0v) is 15.5. The number of rotatable bonds is 6. The first-order valence-electron chi connectivity index (χ1n) is 8.08. The Morgan fingerprint density at radius 3 is 2.76 bits per heavy atom. The van der Waals surface area contributed by atoms with Crippen LogP contribution in [0.5, 0.6) is 0 Å². The normalized spacial score (nSPS) is 20.2. The molecule has 0 N–H and O–H groups in total. The monoisotopic (exact) mass is 377 g/mol. The van der Waals surface area contributed by atoms with Gasteiger partial charge in [-0.05, 0) is 43.0 Å². The second-order valence-electron chi connectivity index (χ2n) is 6.36. The Labute approximate surface area is 151 Å². The van der Waals surface area contributed by atoms with Gasteiger partial charge < -0.3 is 4.42 Å². The molecule has 1 saturated heterocycles. The van der Waals surface area contributed by atoms with Crippen LogP contribution in [0.3, 0.4) is 0 Å². The summed E-state index contributed by atoms with van der Waals surface area (Å²) in [6, 6.07) is 10.3. The summed E-state index contributed by atoms with van der Waals surface area (Å²) in [7, 11) is -2.91. The maximum absolute atomic E-state index is 11.5. The van der Waals surface area contributed by atoms with E-state index in [0.717, 1.165) is 5.56 Å². The number of aryl methyl sites for hydroxylation is 1. The fourth-order valence-electron chi connectivity index (χ4n) is 2.82. The highest BCUT2D eigenvalue weighted by Gasteiger charge is 2.29. The molecule has 2 aromatic rings. The van der Waals surface area contributed by atoms with Crippen molar-refractivity contribution in [1.29, 1.82) is 5.26 Å². The first-order valence-corrected chi connectivity index (χ1v) is 10.8. The Balaban J connectivity index is 1.58. The van der Waals surface area contributed by atoms with Crippen LogP contribution < -0.4 is 0 Å². The van der Waals surface area contributed by atoms with Crippen LogP contribution in [0.25, 0.3) is 0 Å². The van der Waals surface area contributed by atoms with Crippen LogP contribution in [0, 0.1) is 24.2 Å². The van der Waals surface area contributed by atoms with Gasteiger partial charge in [-0.3, -0.25) is 0 Å². The highest BCUT2D eigenvalue weighted by atomic mass is 32.2. The molecule has 1 aliphatic rings. The highest BCUT2D eigenvalue weighted by molar-refractivity contribution is 7.99. The Bertz CT molecular complexity index is 869. The van der Waals surface area contributed by atoms with E-state index in [1.165, 1.54) is 17.3 Å². The minimum Gasteiger partial charge on any atom is -0.416 e. The van der Waals surface area contributed by atoms with Crippen LogP contribution >= 0.6 is 11.8 Å². The van der Waals surface area contributed by atoms with E-state index in [4.69, 9.17) is 4.42 Å². The molecule has 1 aromatic carbocycles. The molecular formula is C17H19N3O3S2. The topological polar surface area (TPSA) is 96.9 Å². The van der Waals surface area contributed by atoms with Crippen LogP contribution in [0.4, 0.5) is 0 Å². The van der Waals surface area contributed by atoms with E-state index in [9.17, 15) is 13.7 Å². The maximum Gasteiger partial charge on any atom is 0.277 e. The minimum atomic E-state index is -2.91. The molecule has 3 rings (SSSR count). The number of aromatic nitrogens is 2. The lowest BCUT2D eigenvalue weighted by Crippen LogP contribution is -2.07. The summed E-state index contributed by atoms with van der Waals surface area (Å²) >= 11 is 1.25. The average Bonchev–Trinajstić information content (AvgIpc) is 3.15. The highest BCUT2D eigenvalue weighted by Crippen LogP contribution is 2.27. The molecule has 0 saturated carbocycles. The lowest BCUT2D eigenvalue weighted by Gasteiger charge is -2.06. The molecule has 132 valence electrons. The Morgan fingerprint density at radius 1 is 1.36 bits per heavy atom. The number of sulfone groups is 1. The lowest BCUT2D eigenvalue weighted by molar-refractivity contribution is 0.389. The number of thioether (sulfide) groups is 1. The fraction of sp³-hybridized carbons (Fsp3) is 0.471. The SMILES string of the molecule is Cc1ccc(C[C@@H](C#N)Sc2nnc(C[C@H]3CCS(=O)(=O)C3)o2)cc1. The van der Waals surface area contributed by atoms with Gasteiger partial charge in [0.15, 0.2) is 9.84 Å². The molecule has 0 spiro atoms. The number of nitriles is 1. The van der Waals surface area contributed by atoms with Crippen LogP contribution in [-0.2, 0) is 22.7 Å². The molecule has 0 amide bonds. The molecule has 1 aliphatic heterocycles. The number of hydrogen-bond acceptors (Lipinski definition) is 7. The predicted molar refractivity (Wildman–Crippen MR) is 94.9 cm³/mol. The number of benzene rings is 1. The molecule has 0 radical (unpaired) electrons. The van der Waals surface area contributed by atoms with Crippen molar-refractivity contribution in [3.05, 3.63) is 41.3 Å². The average molecular weight is 377 g/mol. The minimum absolute atomic E-state index is 0.0441. The van der Waals surface area contributed by atoms with Gasteiger partial charge in [-0.2, -0.15) is 5.26 Å². The Hall–Kier alpha value is -1.85. The Kier molecular flexibility index (Phi) is 5.45. The molecule has 0 aliphatic carbocycles. The lowest BCUT2D eigenvalue weighted by atomic mass is 10.1. The van der Waals surface area contributed by atoms with E-state index in [1.54, 1.807) is 0 Å². The molecule has 2 heterocycles. The van der Waals surface area contributed by atoms with Crippen molar-refractivity contribution in [2.75, 3.05) is 11.5 Å². The van der Waals surface area contributed by atoms with E-state index >= 15 is 0 Å². The number of nitrogens with zero attached hydrogens (tertiary/aromatic N) is 3. The van der Waals surface area contributed by atoms with Crippen molar-refractivity contribution in [3.8, 4) is 6.07 Å². The van der Waals surface area contributed by atoms with Crippen molar-refractivity contribution in [1.82, 2.24) is 10.2 Å². The molecule has 0 bridgehead atoms. The summed E-state index contributed by atoms with van der Waals surface area (Å²) in [4.78, 5) is 0. The summed E-state index contributed by atoms with van der Waals surface area (Å²) in [6.45, 7) is 2.02. The fourth-order valence-corrected chi connectivity index (χ4v) is 5.49. The van der Waals surface area contributed by atoms with E-state index in [-0.39, 0.29) is 22.7 Å². The second kappa shape index (κ2) is 7.58. The van der Waals surface area contributed by atoms with Gasteiger partial charge in [0.2, 0.25) is 5.89 Å². The van der Waals surface area contributed by atoms with Crippen LogP contribution in [0.2, 0.25) is 0 Å². The van der Waals surface area contributed by atoms with Crippen molar-refractivity contribution in [3.63, 3.8) is 0 Å². The van der Waals surface area contributed by atoms with Gasteiger partial charge in [-0.15, -0.1) is 10.2 Å². The van der Waals surface area contributed by atoms with Gasteiger partial charge in [0, 0.05) is 6.42 Å². The van der Waals surface area contributed by atoms with Crippen LogP contribution in [0.1, 0.15) is 23.4 Å². The smallest absolute Gasteiger partial charge is 0.277 e. The van der Waals surface area contributed by atoms with Crippen molar-refractivity contribution in [2.24, 2.45) is 5.92 Å². The van der Waals surface area contributed by atoms with Gasteiger partial charge in [0.05, 0.1) is 17.6 Å². The first-order chi connectivity index (χ1) is 11.9. The van der Waals surface area contributed by atoms with E-state index in [1.807, 2.05) is 31.2 Å². The van der Waals surface area contributed by atoms with Gasteiger partial charge >= 0.3 is 0 Å². The molecule has 25 heavy (non-hydrogen) atoms. The first kappa shape index (κ1) is 18.0. The predicted octanol–water partition coefficient (Wildman–Crippen LogP) is 2.58. The zero-order valence-electron chi connectivity index (χ0n) is 13.9. The molecule has 6 nitrogen and oxygen atoms in total. The quantitative estimate of drug-likeness (QED) is 0.714. The maximum atomic E-state index is 11.5. The third kappa shape index (κ3) is 5.06. The van der Waals surface area contributed by atoms with Gasteiger partial charge in [-0.1, -0.05) is 29.8 Å². The molecule has 1 fully saturated rings. The molecule has 8 heteroatoms. The van der Waals surface area contributed by atoms with Crippen molar-refractivity contribution >= 4 is 21.6 Å².